The van der Waals surface area contributed by atoms with Gasteiger partial charge in [-0.2, -0.15) is 0 Å². The first-order valence-electron chi connectivity index (χ1n) is 6.75. The summed E-state index contributed by atoms with van der Waals surface area (Å²) in [7, 11) is 0. The molecule has 1 aromatic carbocycles. The van der Waals surface area contributed by atoms with Crippen LogP contribution in [0.5, 0.6) is 0 Å². The Bertz CT molecular complexity index is 665. The van der Waals surface area contributed by atoms with E-state index in [0.29, 0.717) is 18.7 Å². The number of hydrogen-bond donors (Lipinski definition) is 1. The first kappa shape index (κ1) is 15.6. The molecule has 1 aromatic heterocycles. The maximum Gasteiger partial charge on any atom is 0.331 e. The molecule has 21 heavy (non-hydrogen) atoms. The van der Waals surface area contributed by atoms with Crippen LogP contribution in [0.15, 0.2) is 22.7 Å². The molecule has 1 N–H and O–H groups in total. The normalized spacial score (nSPS) is 11.6. The second-order valence-corrected chi connectivity index (χ2v) is 5.83. The Morgan fingerprint density at radius 1 is 1.38 bits per heavy atom. The summed E-state index contributed by atoms with van der Waals surface area (Å²) in [5.41, 5.74) is 0.677. The van der Waals surface area contributed by atoms with Crippen LogP contribution in [-0.4, -0.2) is 31.3 Å². The van der Waals surface area contributed by atoms with Gasteiger partial charge < -0.3 is 5.11 Å². The summed E-state index contributed by atoms with van der Waals surface area (Å²) in [5, 5.41) is 21.4. The number of benzene rings is 1. The molecule has 2 aromatic rings. The average Bonchev–Trinajstić information content (AvgIpc) is 2.93. The third-order valence-corrected chi connectivity index (χ3v) is 4.38. The minimum Gasteiger partial charge on any atom is -0.479 e. The molecule has 0 radical (unpaired) electrons. The van der Waals surface area contributed by atoms with Gasteiger partial charge in [0.25, 0.3) is 0 Å². The Hall–Kier alpha value is -1.76. The SMILES string of the molecule is CCC(CC)(C(=O)O)n1nnnc1-c1cc(Br)ccc1C. The molecule has 0 aliphatic rings. The van der Waals surface area contributed by atoms with Crippen LogP contribution in [0.2, 0.25) is 0 Å². The lowest BCUT2D eigenvalue weighted by Crippen LogP contribution is -2.42. The summed E-state index contributed by atoms with van der Waals surface area (Å²) >= 11 is 3.43. The lowest BCUT2D eigenvalue weighted by atomic mass is 9.92. The van der Waals surface area contributed by atoms with Crippen LogP contribution in [0.4, 0.5) is 0 Å². The highest BCUT2D eigenvalue weighted by Crippen LogP contribution is 2.32. The van der Waals surface area contributed by atoms with Gasteiger partial charge in [0.05, 0.1) is 0 Å². The summed E-state index contributed by atoms with van der Waals surface area (Å²) < 4.78 is 2.33. The van der Waals surface area contributed by atoms with Gasteiger partial charge in [0, 0.05) is 10.0 Å². The van der Waals surface area contributed by atoms with Crippen LogP contribution in [0.1, 0.15) is 32.3 Å². The van der Waals surface area contributed by atoms with Crippen molar-refractivity contribution in [2.24, 2.45) is 0 Å². The van der Waals surface area contributed by atoms with Crippen molar-refractivity contribution < 1.29 is 9.90 Å². The van der Waals surface area contributed by atoms with Crippen LogP contribution < -0.4 is 0 Å². The van der Waals surface area contributed by atoms with Gasteiger partial charge in [-0.1, -0.05) is 35.8 Å². The second-order valence-electron chi connectivity index (χ2n) is 4.92. The molecule has 0 spiro atoms. The number of tetrazole rings is 1. The van der Waals surface area contributed by atoms with Gasteiger partial charge >= 0.3 is 5.97 Å². The number of aliphatic carboxylic acids is 1. The molecule has 6 nitrogen and oxygen atoms in total. The maximum absolute atomic E-state index is 11.8. The molecule has 112 valence electrons. The second kappa shape index (κ2) is 5.93. The number of aromatic nitrogens is 4. The van der Waals surface area contributed by atoms with Gasteiger partial charge in [-0.3, -0.25) is 0 Å². The molecule has 0 atom stereocenters. The van der Waals surface area contributed by atoms with E-state index in [9.17, 15) is 9.90 Å². The molecule has 1 heterocycles. The van der Waals surface area contributed by atoms with Crippen LogP contribution in [0.3, 0.4) is 0 Å². The molecule has 0 bridgehead atoms. The van der Waals surface area contributed by atoms with E-state index in [1.54, 1.807) is 0 Å². The zero-order chi connectivity index (χ0) is 15.6. The van der Waals surface area contributed by atoms with Crippen molar-refractivity contribution in [1.82, 2.24) is 20.2 Å². The summed E-state index contributed by atoms with van der Waals surface area (Å²) in [6.45, 7) is 5.61. The topological polar surface area (TPSA) is 80.9 Å². The summed E-state index contributed by atoms with van der Waals surface area (Å²) in [4.78, 5) is 11.8. The van der Waals surface area contributed by atoms with Gasteiger partial charge in [-0.25, -0.2) is 9.48 Å². The Labute approximate surface area is 131 Å². The number of carboxylic acid groups (broad SMARTS) is 1. The number of halogens is 1. The molecule has 0 amide bonds. The Morgan fingerprint density at radius 3 is 2.62 bits per heavy atom. The molecule has 0 aliphatic carbocycles. The molecule has 0 unspecified atom stereocenters. The summed E-state index contributed by atoms with van der Waals surface area (Å²) in [6.07, 6.45) is 0.813. The lowest BCUT2D eigenvalue weighted by molar-refractivity contribution is -0.148. The van der Waals surface area contributed by atoms with Crippen LogP contribution in [-0.2, 0) is 10.3 Å². The van der Waals surface area contributed by atoms with E-state index in [2.05, 4.69) is 31.5 Å². The number of hydrogen-bond acceptors (Lipinski definition) is 4. The number of rotatable bonds is 5. The van der Waals surface area contributed by atoms with Crippen LogP contribution in [0.25, 0.3) is 11.4 Å². The first-order valence-corrected chi connectivity index (χ1v) is 7.54. The van der Waals surface area contributed by atoms with E-state index in [1.165, 1.54) is 4.68 Å². The maximum atomic E-state index is 11.8. The standard InChI is InChI=1S/C14H17BrN4O2/c1-4-14(5-2,13(20)21)19-12(16-17-18-19)11-8-10(15)7-6-9(11)3/h6-8H,4-5H2,1-3H3,(H,20,21). The van der Waals surface area contributed by atoms with Gasteiger partial charge in [-0.05, 0) is 47.9 Å². The third-order valence-electron chi connectivity index (χ3n) is 3.88. The van der Waals surface area contributed by atoms with Gasteiger partial charge in [0.15, 0.2) is 11.4 Å². The minimum atomic E-state index is -1.13. The highest BCUT2D eigenvalue weighted by atomic mass is 79.9. The predicted octanol–water partition coefficient (Wildman–Crippen LogP) is 3.01. The lowest BCUT2D eigenvalue weighted by Gasteiger charge is -2.27. The predicted molar refractivity (Wildman–Crippen MR) is 81.9 cm³/mol. The van der Waals surface area contributed by atoms with Gasteiger partial charge in [0.1, 0.15) is 0 Å². The van der Waals surface area contributed by atoms with Crippen molar-refractivity contribution in [2.45, 2.75) is 39.2 Å². The summed E-state index contributed by atoms with van der Waals surface area (Å²) in [5.74, 6) is -0.450. The van der Waals surface area contributed by atoms with Crippen molar-refractivity contribution >= 4 is 21.9 Å². The average molecular weight is 353 g/mol. The number of aryl methyl sites for hydroxylation is 1. The van der Waals surface area contributed by atoms with E-state index in [0.717, 1.165) is 15.6 Å². The minimum absolute atomic E-state index is 0.407. The number of nitrogens with zero attached hydrogens (tertiary/aromatic N) is 4. The Balaban J connectivity index is 2.67. The number of carbonyl (C=O) groups is 1. The monoisotopic (exact) mass is 352 g/mol. The first-order chi connectivity index (χ1) is 9.96. The molecule has 2 rings (SSSR count). The van der Waals surface area contributed by atoms with Crippen molar-refractivity contribution in [3.05, 3.63) is 28.2 Å². The summed E-state index contributed by atoms with van der Waals surface area (Å²) in [6, 6.07) is 5.77. The van der Waals surface area contributed by atoms with E-state index in [-0.39, 0.29) is 0 Å². The smallest absolute Gasteiger partial charge is 0.331 e. The molecular weight excluding hydrogens is 336 g/mol. The molecule has 0 saturated heterocycles. The molecule has 0 aliphatic heterocycles. The largest absolute Gasteiger partial charge is 0.479 e. The Morgan fingerprint density at radius 2 is 2.05 bits per heavy atom. The van der Waals surface area contributed by atoms with Crippen molar-refractivity contribution in [1.29, 1.82) is 0 Å². The molecule has 0 saturated carbocycles. The molecule has 0 fully saturated rings. The zero-order valence-corrected chi connectivity index (χ0v) is 13.8. The van der Waals surface area contributed by atoms with E-state index < -0.39 is 11.5 Å². The van der Waals surface area contributed by atoms with Gasteiger partial charge in [0.2, 0.25) is 0 Å². The van der Waals surface area contributed by atoms with Crippen LogP contribution in [0, 0.1) is 6.92 Å². The molecule has 7 heteroatoms. The molecular formula is C14H17BrN4O2. The van der Waals surface area contributed by atoms with Crippen molar-refractivity contribution in [3.8, 4) is 11.4 Å². The van der Waals surface area contributed by atoms with E-state index >= 15 is 0 Å². The highest BCUT2D eigenvalue weighted by molar-refractivity contribution is 9.10. The fourth-order valence-electron chi connectivity index (χ4n) is 2.42. The van der Waals surface area contributed by atoms with Crippen molar-refractivity contribution in [3.63, 3.8) is 0 Å². The third kappa shape index (κ3) is 2.57. The number of carboxylic acids is 1. The van der Waals surface area contributed by atoms with Crippen molar-refractivity contribution in [2.75, 3.05) is 0 Å². The quantitative estimate of drug-likeness (QED) is 0.894. The fourth-order valence-corrected chi connectivity index (χ4v) is 2.78. The Kier molecular flexibility index (Phi) is 4.41. The van der Waals surface area contributed by atoms with Gasteiger partial charge in [-0.15, -0.1) is 5.10 Å². The van der Waals surface area contributed by atoms with E-state index in [1.807, 2.05) is 39.0 Å². The van der Waals surface area contributed by atoms with Crippen LogP contribution >= 0.6 is 15.9 Å². The fraction of sp³-hybridized carbons (Fsp3) is 0.429. The highest BCUT2D eigenvalue weighted by Gasteiger charge is 2.40. The zero-order valence-electron chi connectivity index (χ0n) is 12.2. The van der Waals surface area contributed by atoms with E-state index in [4.69, 9.17) is 0 Å².